The minimum atomic E-state index is -0.339. The van der Waals surface area contributed by atoms with Gasteiger partial charge in [0.05, 0.1) is 10.9 Å². The highest BCUT2D eigenvalue weighted by Crippen LogP contribution is 2.36. The molecule has 0 saturated carbocycles. The average molecular weight is 365 g/mol. The predicted molar refractivity (Wildman–Crippen MR) is 109 cm³/mol. The van der Waals surface area contributed by atoms with Crippen molar-refractivity contribution in [3.8, 4) is 5.75 Å². The zero-order valence-electron chi connectivity index (χ0n) is 16.1. The van der Waals surface area contributed by atoms with Crippen LogP contribution in [0.25, 0.3) is 21.7 Å². The number of benzene rings is 2. The molecule has 1 atom stereocenters. The van der Waals surface area contributed by atoms with Crippen LogP contribution in [0.1, 0.15) is 50.7 Å². The van der Waals surface area contributed by atoms with Crippen LogP contribution in [0.2, 0.25) is 0 Å². The van der Waals surface area contributed by atoms with Gasteiger partial charge < -0.3 is 9.52 Å². The van der Waals surface area contributed by atoms with Gasteiger partial charge in [-0.1, -0.05) is 38.5 Å². The summed E-state index contributed by atoms with van der Waals surface area (Å²) in [6.07, 6.45) is 5.46. The summed E-state index contributed by atoms with van der Waals surface area (Å²) >= 11 is 0. The molecular weight excluding hydrogens is 338 g/mol. The number of hydrogen-bond acceptors (Lipinski definition) is 4. The first-order chi connectivity index (χ1) is 13.1. The van der Waals surface area contributed by atoms with Crippen molar-refractivity contribution in [2.45, 2.75) is 58.5 Å². The van der Waals surface area contributed by atoms with E-state index in [1.54, 1.807) is 6.07 Å². The Kier molecular flexibility index (Phi) is 4.92. The highest BCUT2D eigenvalue weighted by Gasteiger charge is 2.25. The monoisotopic (exact) mass is 365 g/mol. The number of rotatable bonds is 4. The van der Waals surface area contributed by atoms with Gasteiger partial charge in [0.1, 0.15) is 11.3 Å². The van der Waals surface area contributed by atoms with Gasteiger partial charge in [0, 0.05) is 18.0 Å². The lowest BCUT2D eigenvalue weighted by Crippen LogP contribution is -2.38. The van der Waals surface area contributed by atoms with Crippen LogP contribution in [-0.4, -0.2) is 22.6 Å². The lowest BCUT2D eigenvalue weighted by molar-refractivity contribution is 0.135. The Balaban J connectivity index is 1.95. The molecule has 27 heavy (non-hydrogen) atoms. The van der Waals surface area contributed by atoms with Gasteiger partial charge in [0.15, 0.2) is 0 Å². The van der Waals surface area contributed by atoms with Crippen LogP contribution in [0.4, 0.5) is 0 Å². The number of phenols is 1. The van der Waals surface area contributed by atoms with Crippen molar-refractivity contribution < 1.29 is 9.52 Å². The first-order valence-electron chi connectivity index (χ1n) is 10.1. The molecule has 4 rings (SSSR count). The zero-order chi connectivity index (χ0) is 19.0. The van der Waals surface area contributed by atoms with Crippen LogP contribution < -0.4 is 5.63 Å². The molecule has 3 aromatic rings. The lowest BCUT2D eigenvalue weighted by atomic mass is 9.96. The first kappa shape index (κ1) is 18.1. The van der Waals surface area contributed by atoms with Gasteiger partial charge in [-0.05, 0) is 55.3 Å². The van der Waals surface area contributed by atoms with Crippen LogP contribution in [0.5, 0.6) is 5.75 Å². The molecule has 1 aromatic heterocycles. The van der Waals surface area contributed by atoms with Crippen molar-refractivity contribution in [2.24, 2.45) is 0 Å². The molecule has 1 aliphatic heterocycles. The third-order valence-electron chi connectivity index (χ3n) is 6.02. The molecule has 0 spiro atoms. The Morgan fingerprint density at radius 3 is 2.67 bits per heavy atom. The molecule has 0 aliphatic carbocycles. The van der Waals surface area contributed by atoms with Gasteiger partial charge in [-0.15, -0.1) is 0 Å². The summed E-state index contributed by atoms with van der Waals surface area (Å²) < 4.78 is 5.75. The van der Waals surface area contributed by atoms with E-state index in [2.05, 4.69) is 11.8 Å². The molecular formula is C23H27NO3. The Morgan fingerprint density at radius 1 is 1.15 bits per heavy atom. The summed E-state index contributed by atoms with van der Waals surface area (Å²) in [5, 5.41) is 13.4. The van der Waals surface area contributed by atoms with E-state index >= 15 is 0 Å². The maximum Gasteiger partial charge on any atom is 0.344 e. The van der Waals surface area contributed by atoms with Gasteiger partial charge >= 0.3 is 5.63 Å². The van der Waals surface area contributed by atoms with E-state index in [1.807, 2.05) is 31.2 Å². The molecule has 142 valence electrons. The number of likely N-dealkylation sites (tertiary alicyclic amines) is 1. The van der Waals surface area contributed by atoms with Gasteiger partial charge in [0.2, 0.25) is 0 Å². The summed E-state index contributed by atoms with van der Waals surface area (Å²) in [5.74, 6) is 0.281. The lowest BCUT2D eigenvalue weighted by Gasteiger charge is -2.35. The minimum Gasteiger partial charge on any atom is -0.507 e. The zero-order valence-corrected chi connectivity index (χ0v) is 16.1. The van der Waals surface area contributed by atoms with Crippen molar-refractivity contribution in [1.82, 2.24) is 4.90 Å². The van der Waals surface area contributed by atoms with E-state index in [4.69, 9.17) is 4.42 Å². The van der Waals surface area contributed by atoms with E-state index in [0.717, 1.165) is 41.3 Å². The van der Waals surface area contributed by atoms with E-state index in [1.165, 1.54) is 19.3 Å². The summed E-state index contributed by atoms with van der Waals surface area (Å²) in [6.45, 7) is 5.91. The van der Waals surface area contributed by atoms with E-state index in [-0.39, 0.29) is 11.4 Å². The van der Waals surface area contributed by atoms with Crippen LogP contribution in [0, 0.1) is 0 Å². The largest absolute Gasteiger partial charge is 0.507 e. The van der Waals surface area contributed by atoms with E-state index < -0.39 is 0 Å². The van der Waals surface area contributed by atoms with Gasteiger partial charge in [-0.25, -0.2) is 4.79 Å². The third-order valence-corrected chi connectivity index (χ3v) is 6.02. The van der Waals surface area contributed by atoms with Crippen molar-refractivity contribution >= 4 is 21.7 Å². The van der Waals surface area contributed by atoms with Crippen molar-refractivity contribution in [1.29, 1.82) is 0 Å². The van der Waals surface area contributed by atoms with E-state index in [9.17, 15) is 9.90 Å². The Hall–Kier alpha value is -2.33. The molecule has 2 aromatic carbocycles. The topological polar surface area (TPSA) is 53.7 Å². The van der Waals surface area contributed by atoms with Gasteiger partial charge in [-0.2, -0.15) is 0 Å². The summed E-state index contributed by atoms with van der Waals surface area (Å²) in [4.78, 5) is 15.0. The van der Waals surface area contributed by atoms with Gasteiger partial charge in [-0.3, -0.25) is 4.90 Å². The number of aryl methyl sites for hydroxylation is 1. The number of phenolic OH excluding ortho intramolecular Hbond substituents is 1. The fourth-order valence-electron chi connectivity index (χ4n) is 4.48. The molecule has 4 heteroatoms. The fourth-order valence-corrected chi connectivity index (χ4v) is 4.48. The van der Waals surface area contributed by atoms with Gasteiger partial charge in [0.25, 0.3) is 0 Å². The molecule has 0 amide bonds. The van der Waals surface area contributed by atoms with Crippen molar-refractivity contribution in [3.63, 3.8) is 0 Å². The number of nitrogens with zero attached hydrogens (tertiary/aromatic N) is 1. The second-order valence-corrected chi connectivity index (χ2v) is 7.56. The van der Waals surface area contributed by atoms with Crippen LogP contribution in [-0.2, 0) is 13.0 Å². The van der Waals surface area contributed by atoms with E-state index in [0.29, 0.717) is 23.6 Å². The summed E-state index contributed by atoms with van der Waals surface area (Å²) in [7, 11) is 0. The molecule has 1 saturated heterocycles. The summed E-state index contributed by atoms with van der Waals surface area (Å²) in [5.41, 5.74) is 1.86. The standard InChI is InChI=1S/C23H27NO3/c1-3-15-13-19-17-10-5-6-11-18(17)23(26)27-22(19)20(21(15)25)14-24-12-8-7-9-16(24)4-2/h5-6,10-11,13,16,25H,3-4,7-9,12,14H2,1-2H3/t16-/m1/s1. The maximum absolute atomic E-state index is 12.6. The molecule has 1 aliphatic rings. The smallest absolute Gasteiger partial charge is 0.344 e. The van der Waals surface area contributed by atoms with Crippen molar-refractivity contribution in [2.75, 3.05) is 6.54 Å². The highest BCUT2D eigenvalue weighted by molar-refractivity contribution is 6.06. The average Bonchev–Trinajstić information content (AvgIpc) is 2.71. The SMILES string of the molecule is CCc1cc2c(oc(=O)c3ccccc32)c(CN2CCCC[C@H]2CC)c1O. The molecule has 1 fully saturated rings. The number of piperidine rings is 1. The first-order valence-corrected chi connectivity index (χ1v) is 10.1. The maximum atomic E-state index is 12.6. The molecule has 4 nitrogen and oxygen atoms in total. The Bertz CT molecular complexity index is 1040. The quantitative estimate of drug-likeness (QED) is 0.523. The number of aromatic hydroxyl groups is 1. The predicted octanol–water partition coefficient (Wildman–Crippen LogP) is 4.98. The second-order valence-electron chi connectivity index (χ2n) is 7.56. The minimum absolute atomic E-state index is 0.281. The number of hydrogen-bond donors (Lipinski definition) is 1. The van der Waals surface area contributed by atoms with Crippen LogP contribution in [0.15, 0.2) is 39.5 Å². The highest BCUT2D eigenvalue weighted by atomic mass is 16.4. The summed E-state index contributed by atoms with van der Waals surface area (Å²) in [6, 6.07) is 10.1. The number of fused-ring (bicyclic) bond motifs is 3. The molecule has 2 heterocycles. The molecule has 1 N–H and O–H groups in total. The molecule has 0 unspecified atom stereocenters. The fraction of sp³-hybridized carbons (Fsp3) is 0.435. The second kappa shape index (κ2) is 7.35. The molecule has 0 radical (unpaired) electrons. The Labute approximate surface area is 159 Å². The Morgan fingerprint density at radius 2 is 1.93 bits per heavy atom. The van der Waals surface area contributed by atoms with Crippen molar-refractivity contribution in [3.05, 3.63) is 51.9 Å². The third kappa shape index (κ3) is 3.12. The normalized spacial score (nSPS) is 18.4. The van der Waals surface area contributed by atoms with Crippen LogP contribution in [0.3, 0.4) is 0 Å². The molecule has 0 bridgehead atoms. The van der Waals surface area contributed by atoms with Crippen LogP contribution >= 0.6 is 0 Å².